The number of hydrogen-bond donors (Lipinski definition) is 3. The summed E-state index contributed by atoms with van der Waals surface area (Å²) in [5.74, 6) is -5.66. The monoisotopic (exact) mass is 312 g/mol. The lowest BCUT2D eigenvalue weighted by Gasteiger charge is -2.04. The summed E-state index contributed by atoms with van der Waals surface area (Å²) in [5.41, 5.74) is -0.579. The Morgan fingerprint density at radius 1 is 1.00 bits per heavy atom. The first-order valence-electron chi connectivity index (χ1n) is 5.57. The molecule has 0 aliphatic heterocycles. The van der Waals surface area contributed by atoms with E-state index in [2.05, 4.69) is 31.1 Å². The molecule has 0 bridgehead atoms. The fourth-order valence-corrected chi connectivity index (χ4v) is 0.910. The smallest absolute Gasteiger partial charge is 0.332 e. The Morgan fingerprint density at radius 2 is 1.50 bits per heavy atom. The van der Waals surface area contributed by atoms with Gasteiger partial charge in [0, 0.05) is 11.1 Å². The largest absolute Gasteiger partial charge is 0.481 e. The lowest BCUT2D eigenvalue weighted by atomic mass is 10.0. The molecular formula is C14H16O8. The van der Waals surface area contributed by atoms with Crippen LogP contribution in [0.25, 0.3) is 0 Å². The van der Waals surface area contributed by atoms with Crippen molar-refractivity contribution in [2.24, 2.45) is 5.92 Å². The Kier molecular flexibility index (Phi) is 10.2. The highest BCUT2D eigenvalue weighted by Crippen LogP contribution is 2.09. The van der Waals surface area contributed by atoms with Crippen molar-refractivity contribution in [1.29, 1.82) is 0 Å². The first-order chi connectivity index (χ1) is 10.1. The van der Waals surface area contributed by atoms with Crippen LogP contribution in [-0.4, -0.2) is 39.2 Å². The minimum absolute atomic E-state index is 0.197. The molecule has 0 spiro atoms. The molecule has 0 heterocycles. The van der Waals surface area contributed by atoms with E-state index in [0.717, 1.165) is 12.3 Å². The van der Waals surface area contributed by atoms with Crippen molar-refractivity contribution < 1.29 is 39.2 Å². The summed E-state index contributed by atoms with van der Waals surface area (Å²) in [7, 11) is 0. The average molecular weight is 312 g/mol. The number of esters is 1. The summed E-state index contributed by atoms with van der Waals surface area (Å²) in [4.78, 5) is 41.1. The van der Waals surface area contributed by atoms with Crippen molar-refractivity contribution >= 4 is 23.9 Å². The highest BCUT2D eigenvalue weighted by molar-refractivity contribution is 5.94. The lowest BCUT2D eigenvalue weighted by molar-refractivity contribution is -0.142. The van der Waals surface area contributed by atoms with Crippen LogP contribution in [0.5, 0.6) is 0 Å². The van der Waals surface area contributed by atoms with Crippen LogP contribution < -0.4 is 0 Å². The molecule has 1 unspecified atom stereocenters. The molecule has 0 radical (unpaired) electrons. The van der Waals surface area contributed by atoms with Gasteiger partial charge in [-0.05, 0) is 0 Å². The van der Waals surface area contributed by atoms with Gasteiger partial charge in [0.25, 0.3) is 0 Å². The van der Waals surface area contributed by atoms with Crippen LogP contribution in [0.1, 0.15) is 6.42 Å². The van der Waals surface area contributed by atoms with E-state index in [-0.39, 0.29) is 17.6 Å². The molecule has 3 N–H and O–H groups in total. The standard InChI is InChI=1S/2C7H8O4/c1-3-11-6(8)4-5(2)7(9)10;1-3-5(7(10)11)4(2)6(8)9/h3H,1-2,4H2,(H,9,10);3,5H,1-2H2,(H,8,9)(H,10,11). The SMILES string of the molecule is C=CC(C(=C)C(=O)O)C(=O)O.C=COC(=O)CC(=C)C(=O)O. The summed E-state index contributed by atoms with van der Waals surface area (Å²) in [6, 6.07) is 0. The Morgan fingerprint density at radius 3 is 1.73 bits per heavy atom. The second-order valence-corrected chi connectivity index (χ2v) is 3.62. The highest BCUT2D eigenvalue weighted by Gasteiger charge is 2.21. The molecule has 0 saturated heterocycles. The average Bonchev–Trinajstić information content (AvgIpc) is 2.39. The number of carbonyl (C=O) groups is 4. The number of carboxylic acid groups (broad SMARTS) is 3. The predicted molar refractivity (Wildman–Crippen MR) is 75.8 cm³/mol. The van der Waals surface area contributed by atoms with Crippen LogP contribution in [0, 0.1) is 5.92 Å². The number of ether oxygens (including phenoxy) is 1. The fourth-order valence-electron chi connectivity index (χ4n) is 0.910. The van der Waals surface area contributed by atoms with Crippen LogP contribution in [-0.2, 0) is 23.9 Å². The second-order valence-electron chi connectivity index (χ2n) is 3.62. The Balaban J connectivity index is 0. The van der Waals surface area contributed by atoms with Gasteiger partial charge < -0.3 is 20.1 Å². The predicted octanol–water partition coefficient (Wildman–Crippen LogP) is 1.22. The lowest BCUT2D eigenvalue weighted by Crippen LogP contribution is -2.18. The van der Waals surface area contributed by atoms with Gasteiger partial charge >= 0.3 is 23.9 Å². The summed E-state index contributed by atoms with van der Waals surface area (Å²) in [6.07, 6.45) is 1.65. The third-order valence-electron chi connectivity index (χ3n) is 2.03. The molecule has 0 aliphatic carbocycles. The van der Waals surface area contributed by atoms with E-state index in [1.165, 1.54) is 0 Å². The molecule has 0 aliphatic rings. The fraction of sp³-hybridized carbons (Fsp3) is 0.143. The van der Waals surface area contributed by atoms with E-state index in [4.69, 9.17) is 15.3 Å². The molecule has 0 amide bonds. The van der Waals surface area contributed by atoms with Crippen LogP contribution in [0.2, 0.25) is 0 Å². The van der Waals surface area contributed by atoms with Gasteiger partial charge in [-0.1, -0.05) is 25.8 Å². The van der Waals surface area contributed by atoms with Crippen LogP contribution in [0.3, 0.4) is 0 Å². The summed E-state index contributed by atoms with van der Waals surface area (Å²) in [5, 5.41) is 25.0. The van der Waals surface area contributed by atoms with Crippen LogP contribution >= 0.6 is 0 Å². The molecular weight excluding hydrogens is 296 g/mol. The molecule has 0 aromatic heterocycles. The van der Waals surface area contributed by atoms with E-state index >= 15 is 0 Å². The Bertz CT molecular complexity index is 513. The number of aliphatic carboxylic acids is 3. The Labute approximate surface area is 126 Å². The van der Waals surface area contributed by atoms with Gasteiger partial charge in [0.1, 0.15) is 5.92 Å². The van der Waals surface area contributed by atoms with Crippen molar-refractivity contribution in [2.45, 2.75) is 6.42 Å². The van der Waals surface area contributed by atoms with Crippen molar-refractivity contribution in [2.75, 3.05) is 0 Å². The summed E-state index contributed by atoms with van der Waals surface area (Å²) in [6.45, 7) is 12.6. The third kappa shape index (κ3) is 8.86. The van der Waals surface area contributed by atoms with Gasteiger partial charge in [-0.2, -0.15) is 0 Å². The first-order valence-corrected chi connectivity index (χ1v) is 5.57. The quantitative estimate of drug-likeness (QED) is 0.263. The summed E-state index contributed by atoms with van der Waals surface area (Å²) < 4.78 is 4.26. The second kappa shape index (κ2) is 10.6. The van der Waals surface area contributed by atoms with Crippen molar-refractivity contribution in [3.05, 3.63) is 49.8 Å². The first kappa shape index (κ1) is 21.1. The topological polar surface area (TPSA) is 138 Å². The molecule has 8 heteroatoms. The molecule has 0 aromatic carbocycles. The van der Waals surface area contributed by atoms with Gasteiger partial charge in [-0.3, -0.25) is 9.59 Å². The summed E-state index contributed by atoms with van der Waals surface area (Å²) >= 11 is 0. The van der Waals surface area contributed by atoms with Crippen molar-refractivity contribution in [3.63, 3.8) is 0 Å². The maximum Gasteiger partial charge on any atom is 0.332 e. The molecule has 120 valence electrons. The third-order valence-corrected chi connectivity index (χ3v) is 2.03. The van der Waals surface area contributed by atoms with E-state index in [1.54, 1.807) is 0 Å². The maximum atomic E-state index is 10.5. The molecule has 0 saturated carbocycles. The highest BCUT2D eigenvalue weighted by atomic mass is 16.5. The van der Waals surface area contributed by atoms with E-state index in [1.807, 2.05) is 0 Å². The molecule has 22 heavy (non-hydrogen) atoms. The van der Waals surface area contributed by atoms with Crippen LogP contribution in [0.4, 0.5) is 0 Å². The molecule has 0 fully saturated rings. The van der Waals surface area contributed by atoms with Crippen molar-refractivity contribution in [1.82, 2.24) is 0 Å². The zero-order valence-electron chi connectivity index (χ0n) is 11.7. The maximum absolute atomic E-state index is 10.5. The van der Waals surface area contributed by atoms with Gasteiger partial charge in [-0.25, -0.2) is 9.59 Å². The minimum atomic E-state index is -1.32. The van der Waals surface area contributed by atoms with E-state index in [9.17, 15) is 19.2 Å². The molecule has 1 atom stereocenters. The zero-order chi connectivity index (χ0) is 17.9. The van der Waals surface area contributed by atoms with Gasteiger partial charge in [-0.15, -0.1) is 6.58 Å². The number of hydrogen-bond acceptors (Lipinski definition) is 5. The van der Waals surface area contributed by atoms with E-state index in [0.29, 0.717) is 0 Å². The van der Waals surface area contributed by atoms with Gasteiger partial charge in [0.15, 0.2) is 0 Å². The number of rotatable bonds is 8. The molecule has 0 aromatic rings. The normalized spacial score (nSPS) is 10.0. The van der Waals surface area contributed by atoms with Crippen LogP contribution in [0.15, 0.2) is 49.8 Å². The molecule has 0 rings (SSSR count). The van der Waals surface area contributed by atoms with E-state index < -0.39 is 29.8 Å². The van der Waals surface area contributed by atoms with Gasteiger partial charge in [0.05, 0.1) is 12.7 Å². The Hall–Kier alpha value is -3.16. The minimum Gasteiger partial charge on any atom is -0.481 e. The number of carbonyl (C=O) groups excluding carboxylic acids is 1. The number of carboxylic acids is 3. The zero-order valence-corrected chi connectivity index (χ0v) is 11.7. The molecule has 8 nitrogen and oxygen atoms in total. The van der Waals surface area contributed by atoms with Gasteiger partial charge in [0.2, 0.25) is 0 Å². The van der Waals surface area contributed by atoms with Crippen molar-refractivity contribution in [3.8, 4) is 0 Å².